The van der Waals surface area contributed by atoms with Crippen molar-refractivity contribution in [2.45, 2.75) is 29.6 Å². The molecule has 0 bridgehead atoms. The molecule has 1 atom stereocenters. The van der Waals surface area contributed by atoms with Crippen molar-refractivity contribution in [2.24, 2.45) is 0 Å². The lowest BCUT2D eigenvalue weighted by molar-refractivity contribution is -0.126. The molecule has 1 aliphatic heterocycles. The zero-order valence-corrected chi connectivity index (χ0v) is 14.8. The van der Waals surface area contributed by atoms with Gasteiger partial charge in [-0.25, -0.2) is 9.97 Å². The molecule has 1 amide bonds. The zero-order chi connectivity index (χ0) is 15.5. The third kappa shape index (κ3) is 3.26. The van der Waals surface area contributed by atoms with E-state index >= 15 is 0 Å². The van der Waals surface area contributed by atoms with Crippen LogP contribution in [0, 0.1) is 0 Å². The number of rotatable bonds is 2. The van der Waals surface area contributed by atoms with Crippen molar-refractivity contribution < 1.29 is 4.79 Å². The maximum Gasteiger partial charge on any atom is 0.246 e. The molecule has 118 valence electrons. The molecular formula is C16H21IN4O. The fourth-order valence-corrected chi connectivity index (χ4v) is 4.08. The smallest absolute Gasteiger partial charge is 0.246 e. The van der Waals surface area contributed by atoms with Crippen LogP contribution in [0.2, 0.25) is 0 Å². The molecule has 0 spiro atoms. The Morgan fingerprint density at radius 1 is 1.32 bits per heavy atom. The van der Waals surface area contributed by atoms with E-state index in [0.29, 0.717) is 3.92 Å². The Kier molecular flexibility index (Phi) is 4.95. The number of anilines is 1. The molecule has 5 nitrogen and oxygen atoms in total. The highest BCUT2D eigenvalue weighted by Crippen LogP contribution is 2.29. The molecule has 0 saturated carbocycles. The first-order valence-electron chi connectivity index (χ1n) is 7.82. The second-order valence-electron chi connectivity index (χ2n) is 5.83. The number of carbonyl (C=O) groups is 1. The van der Waals surface area contributed by atoms with Crippen LogP contribution in [0.1, 0.15) is 24.1 Å². The predicted molar refractivity (Wildman–Crippen MR) is 95.5 cm³/mol. The predicted octanol–water partition coefficient (Wildman–Crippen LogP) is 1.99. The summed E-state index contributed by atoms with van der Waals surface area (Å²) in [4.78, 5) is 24.9. The van der Waals surface area contributed by atoms with Crippen LogP contribution in [0.25, 0.3) is 0 Å². The highest BCUT2D eigenvalue weighted by Gasteiger charge is 2.25. The molecular weight excluding hydrogens is 391 g/mol. The summed E-state index contributed by atoms with van der Waals surface area (Å²) >= 11 is 2.53. The monoisotopic (exact) mass is 412 g/mol. The van der Waals surface area contributed by atoms with Crippen molar-refractivity contribution in [1.82, 2.24) is 14.9 Å². The van der Waals surface area contributed by atoms with Crippen molar-refractivity contribution >= 4 is 34.3 Å². The minimum Gasteiger partial charge on any atom is -0.353 e. The largest absolute Gasteiger partial charge is 0.353 e. The minimum absolute atomic E-state index is 0.0221. The molecule has 1 aromatic rings. The molecule has 2 heterocycles. The van der Waals surface area contributed by atoms with Gasteiger partial charge in [-0.05, 0) is 25.3 Å². The highest BCUT2D eigenvalue weighted by molar-refractivity contribution is 14.1. The first-order valence-corrected chi connectivity index (χ1v) is 9.06. The Bertz CT molecular complexity index is 569. The van der Waals surface area contributed by atoms with Crippen molar-refractivity contribution in [2.75, 3.05) is 31.1 Å². The maximum absolute atomic E-state index is 11.7. The summed E-state index contributed by atoms with van der Waals surface area (Å²) in [6, 6.07) is 0. The Labute approximate surface area is 144 Å². The summed E-state index contributed by atoms with van der Waals surface area (Å²) in [5.74, 6) is 1.11. The topological polar surface area (TPSA) is 49.3 Å². The van der Waals surface area contributed by atoms with Crippen LogP contribution < -0.4 is 4.90 Å². The average molecular weight is 412 g/mol. The zero-order valence-electron chi connectivity index (χ0n) is 12.7. The quantitative estimate of drug-likeness (QED) is 0.323. The number of fused-ring (bicyclic) bond motifs is 1. The molecule has 22 heavy (non-hydrogen) atoms. The van der Waals surface area contributed by atoms with Gasteiger partial charge in [-0.1, -0.05) is 29.2 Å². The third-order valence-corrected chi connectivity index (χ3v) is 5.50. The standard InChI is InChI=1S/C16H21IN4O/c1-2-15(22)20-6-8-21(9-7-20)16-13-5-3-4-12(17)10-14(13)18-11-19-16/h2,11-12H,1,3-10H2. The van der Waals surface area contributed by atoms with Gasteiger partial charge < -0.3 is 9.80 Å². The van der Waals surface area contributed by atoms with Crippen molar-refractivity contribution in [3.8, 4) is 0 Å². The van der Waals surface area contributed by atoms with Gasteiger partial charge in [0.2, 0.25) is 5.91 Å². The molecule has 1 fully saturated rings. The van der Waals surface area contributed by atoms with E-state index in [4.69, 9.17) is 0 Å². The maximum atomic E-state index is 11.7. The first kappa shape index (κ1) is 15.7. The molecule has 3 rings (SSSR count). The summed E-state index contributed by atoms with van der Waals surface area (Å²) in [6.07, 6.45) is 7.65. The average Bonchev–Trinajstić information content (AvgIpc) is 2.74. The van der Waals surface area contributed by atoms with E-state index in [-0.39, 0.29) is 5.91 Å². The normalized spacial score (nSPS) is 22.0. The molecule has 1 aromatic heterocycles. The van der Waals surface area contributed by atoms with Gasteiger partial charge in [0.05, 0.1) is 5.69 Å². The molecule has 2 aliphatic rings. The molecule has 0 N–H and O–H groups in total. The van der Waals surface area contributed by atoms with Gasteiger partial charge in [-0.15, -0.1) is 0 Å². The number of hydrogen-bond donors (Lipinski definition) is 0. The minimum atomic E-state index is 0.0221. The van der Waals surface area contributed by atoms with Crippen LogP contribution >= 0.6 is 22.6 Å². The van der Waals surface area contributed by atoms with Crippen LogP contribution in [-0.2, 0) is 17.6 Å². The van der Waals surface area contributed by atoms with Crippen LogP contribution in [0.4, 0.5) is 5.82 Å². The lowest BCUT2D eigenvalue weighted by Gasteiger charge is -2.36. The lowest BCUT2D eigenvalue weighted by Crippen LogP contribution is -2.48. The Morgan fingerprint density at radius 2 is 2.09 bits per heavy atom. The number of nitrogens with zero attached hydrogens (tertiary/aromatic N) is 4. The Hall–Kier alpha value is -1.18. The van der Waals surface area contributed by atoms with E-state index in [2.05, 4.69) is 44.0 Å². The number of hydrogen-bond acceptors (Lipinski definition) is 4. The van der Waals surface area contributed by atoms with Crippen LogP contribution in [-0.4, -0.2) is 50.9 Å². The number of amides is 1. The summed E-state index contributed by atoms with van der Waals surface area (Å²) in [5, 5.41) is 0. The lowest BCUT2D eigenvalue weighted by atomic mass is 10.1. The van der Waals surface area contributed by atoms with E-state index < -0.39 is 0 Å². The number of piperazine rings is 1. The second-order valence-corrected chi connectivity index (χ2v) is 7.59. The van der Waals surface area contributed by atoms with E-state index in [1.54, 1.807) is 6.33 Å². The van der Waals surface area contributed by atoms with Crippen molar-refractivity contribution in [3.63, 3.8) is 0 Å². The van der Waals surface area contributed by atoms with E-state index in [1.807, 2.05) is 4.90 Å². The van der Waals surface area contributed by atoms with E-state index in [1.165, 1.54) is 30.2 Å². The number of aromatic nitrogens is 2. The molecule has 1 unspecified atom stereocenters. The second kappa shape index (κ2) is 6.93. The van der Waals surface area contributed by atoms with E-state index in [9.17, 15) is 4.79 Å². The van der Waals surface area contributed by atoms with Crippen molar-refractivity contribution in [3.05, 3.63) is 30.2 Å². The molecule has 1 aliphatic carbocycles. The van der Waals surface area contributed by atoms with Crippen LogP contribution in [0.5, 0.6) is 0 Å². The Morgan fingerprint density at radius 3 is 2.82 bits per heavy atom. The van der Waals surface area contributed by atoms with E-state index in [0.717, 1.165) is 44.8 Å². The molecule has 0 aromatic carbocycles. The number of alkyl halides is 1. The fraction of sp³-hybridized carbons (Fsp3) is 0.562. The van der Waals surface area contributed by atoms with Gasteiger partial charge in [-0.2, -0.15) is 0 Å². The molecule has 6 heteroatoms. The van der Waals surface area contributed by atoms with Gasteiger partial charge in [0, 0.05) is 42.1 Å². The van der Waals surface area contributed by atoms with Crippen LogP contribution in [0.3, 0.4) is 0 Å². The highest BCUT2D eigenvalue weighted by atomic mass is 127. The number of carbonyl (C=O) groups excluding carboxylic acids is 1. The summed E-state index contributed by atoms with van der Waals surface area (Å²) in [5.41, 5.74) is 2.54. The fourth-order valence-electron chi connectivity index (χ4n) is 3.22. The van der Waals surface area contributed by atoms with Crippen molar-refractivity contribution in [1.29, 1.82) is 0 Å². The third-order valence-electron chi connectivity index (χ3n) is 4.44. The van der Waals surface area contributed by atoms with Gasteiger partial charge in [0.1, 0.15) is 12.1 Å². The number of halogens is 1. The Balaban J connectivity index is 1.78. The summed E-state index contributed by atoms with van der Waals surface area (Å²) in [6.45, 7) is 6.69. The van der Waals surface area contributed by atoms with Gasteiger partial charge >= 0.3 is 0 Å². The molecule has 1 saturated heterocycles. The summed E-state index contributed by atoms with van der Waals surface area (Å²) < 4.78 is 0.670. The van der Waals surface area contributed by atoms with Crippen LogP contribution in [0.15, 0.2) is 19.0 Å². The van der Waals surface area contributed by atoms with Gasteiger partial charge in [0.15, 0.2) is 0 Å². The van der Waals surface area contributed by atoms with Gasteiger partial charge in [0.25, 0.3) is 0 Å². The SMILES string of the molecule is C=CC(=O)N1CCN(c2ncnc3c2CCCC(I)C3)CC1. The van der Waals surface area contributed by atoms with Gasteiger partial charge in [-0.3, -0.25) is 4.79 Å². The first-order chi connectivity index (χ1) is 10.7. The molecule has 0 radical (unpaired) electrons. The summed E-state index contributed by atoms with van der Waals surface area (Å²) in [7, 11) is 0.